The van der Waals surface area contributed by atoms with Crippen molar-refractivity contribution in [1.82, 2.24) is 4.90 Å². The number of benzene rings is 1. The molecule has 1 aliphatic rings. The first-order valence-corrected chi connectivity index (χ1v) is 12.1. The topological polar surface area (TPSA) is 72.9 Å². The van der Waals surface area contributed by atoms with Crippen LogP contribution in [0, 0.1) is 11.3 Å². The normalized spacial score (nSPS) is 18.4. The molecule has 1 saturated heterocycles. The van der Waals surface area contributed by atoms with E-state index in [1.54, 1.807) is 24.3 Å². The van der Waals surface area contributed by atoms with Crippen molar-refractivity contribution in [3.05, 3.63) is 29.8 Å². The highest BCUT2D eigenvalue weighted by molar-refractivity contribution is 7.86. The van der Waals surface area contributed by atoms with Crippen LogP contribution in [0.15, 0.2) is 24.3 Å². The molecule has 7 heteroatoms. The molecule has 0 bridgehead atoms. The molecule has 0 spiro atoms. The largest absolute Gasteiger partial charge is 0.383 e. The van der Waals surface area contributed by atoms with E-state index in [4.69, 9.17) is 8.92 Å². The lowest BCUT2D eigenvalue weighted by Crippen LogP contribution is -2.37. The van der Waals surface area contributed by atoms with E-state index in [-0.39, 0.29) is 23.2 Å². The fourth-order valence-electron chi connectivity index (χ4n) is 3.88. The van der Waals surface area contributed by atoms with Gasteiger partial charge >= 0.3 is 10.1 Å². The Bertz CT molecular complexity index is 761. The number of rotatable bonds is 9. The molecular formula is C22H35NO5S. The summed E-state index contributed by atoms with van der Waals surface area (Å²) < 4.78 is 33.2. The van der Waals surface area contributed by atoms with Gasteiger partial charge in [-0.25, -0.2) is 0 Å². The van der Waals surface area contributed by atoms with Gasteiger partial charge in [-0.3, -0.25) is 4.79 Å². The second kappa shape index (κ2) is 9.94. The van der Waals surface area contributed by atoms with Crippen molar-refractivity contribution >= 4 is 16.0 Å². The summed E-state index contributed by atoms with van der Waals surface area (Å²) in [6.07, 6.45) is 4.61. The molecular weight excluding hydrogens is 390 g/mol. The van der Waals surface area contributed by atoms with E-state index >= 15 is 0 Å². The number of ether oxygens (including phenoxy) is 1. The maximum Gasteiger partial charge on any atom is 0.306 e. The molecule has 0 aromatic heterocycles. The van der Waals surface area contributed by atoms with Crippen molar-refractivity contribution in [1.29, 1.82) is 0 Å². The number of amides is 1. The summed E-state index contributed by atoms with van der Waals surface area (Å²) in [7, 11) is -3.55. The molecule has 0 N–H and O–H groups in total. The molecule has 0 radical (unpaired) electrons. The quantitative estimate of drug-likeness (QED) is 0.559. The highest BCUT2D eigenvalue weighted by Gasteiger charge is 2.25. The van der Waals surface area contributed by atoms with Crippen molar-refractivity contribution in [3.8, 4) is 5.75 Å². The lowest BCUT2D eigenvalue weighted by molar-refractivity contribution is -0.134. The Morgan fingerprint density at radius 3 is 2.45 bits per heavy atom. The molecule has 0 unspecified atom stereocenters. The van der Waals surface area contributed by atoms with E-state index in [0.717, 1.165) is 37.7 Å². The fourth-order valence-corrected chi connectivity index (χ4v) is 4.34. The molecule has 2 atom stereocenters. The summed E-state index contributed by atoms with van der Waals surface area (Å²) in [6.45, 7) is 10.5. The monoisotopic (exact) mass is 425 g/mol. The molecule has 0 saturated carbocycles. The first kappa shape index (κ1) is 23.7. The van der Waals surface area contributed by atoms with Crippen LogP contribution in [0.3, 0.4) is 0 Å². The van der Waals surface area contributed by atoms with Crippen molar-refractivity contribution in [2.24, 2.45) is 11.3 Å². The van der Waals surface area contributed by atoms with Gasteiger partial charge in [0.1, 0.15) is 5.75 Å². The molecule has 1 heterocycles. The van der Waals surface area contributed by atoms with E-state index in [0.29, 0.717) is 25.4 Å². The smallest absolute Gasteiger partial charge is 0.306 e. The molecule has 1 aliphatic heterocycles. The number of hydrogen-bond acceptors (Lipinski definition) is 5. The molecule has 1 aromatic carbocycles. The summed E-state index contributed by atoms with van der Waals surface area (Å²) in [5.41, 5.74) is 1.12. The molecule has 164 valence electrons. The average molecular weight is 426 g/mol. The Labute approximate surface area is 175 Å². The van der Waals surface area contributed by atoms with Crippen LogP contribution in [0.1, 0.15) is 58.9 Å². The average Bonchev–Trinajstić information content (AvgIpc) is 3.05. The molecule has 1 amide bonds. The predicted octanol–water partition coefficient (Wildman–Crippen LogP) is 4.00. The van der Waals surface area contributed by atoms with Gasteiger partial charge in [0.2, 0.25) is 5.91 Å². The summed E-state index contributed by atoms with van der Waals surface area (Å²) in [6, 6.07) is 6.84. The van der Waals surface area contributed by atoms with Gasteiger partial charge in [-0.1, -0.05) is 39.8 Å². The zero-order chi connectivity index (χ0) is 21.7. The summed E-state index contributed by atoms with van der Waals surface area (Å²) in [5.74, 6) is 0.709. The van der Waals surface area contributed by atoms with E-state index in [1.807, 2.05) is 4.90 Å². The van der Waals surface area contributed by atoms with Crippen LogP contribution in [-0.4, -0.2) is 44.7 Å². The molecule has 6 nitrogen and oxygen atoms in total. The standard InChI is InChI=1S/C22H35NO5S/c1-17(14-22(2,3)4)13-21(24)23(16-20-7-6-12-27-20)15-18-8-10-19(11-9-18)28-29(5,25)26/h8-11,17,20H,6-7,12-16H2,1-5H3/t17-,20+/m0/s1. The van der Waals surface area contributed by atoms with Gasteiger partial charge in [-0.15, -0.1) is 0 Å². The van der Waals surface area contributed by atoms with Crippen molar-refractivity contribution in [2.75, 3.05) is 19.4 Å². The Morgan fingerprint density at radius 1 is 1.28 bits per heavy atom. The fraction of sp³-hybridized carbons (Fsp3) is 0.682. The predicted molar refractivity (Wildman–Crippen MR) is 114 cm³/mol. The maximum atomic E-state index is 13.1. The lowest BCUT2D eigenvalue weighted by Gasteiger charge is -2.28. The SMILES string of the molecule is C[C@@H](CC(=O)N(Cc1ccc(OS(C)(=O)=O)cc1)C[C@H]1CCCO1)CC(C)(C)C. The minimum absolute atomic E-state index is 0.0877. The van der Waals surface area contributed by atoms with Crippen LogP contribution in [0.5, 0.6) is 5.75 Å². The van der Waals surface area contributed by atoms with Gasteiger partial charge in [0, 0.05) is 26.1 Å². The highest BCUT2D eigenvalue weighted by atomic mass is 32.2. The van der Waals surface area contributed by atoms with Crippen LogP contribution in [0.25, 0.3) is 0 Å². The minimum Gasteiger partial charge on any atom is -0.383 e. The molecule has 0 aliphatic carbocycles. The van der Waals surface area contributed by atoms with Crippen molar-refractivity contribution < 1.29 is 22.1 Å². The summed E-state index contributed by atoms with van der Waals surface area (Å²) >= 11 is 0. The first-order valence-electron chi connectivity index (χ1n) is 10.3. The summed E-state index contributed by atoms with van der Waals surface area (Å²) in [5, 5.41) is 0. The van der Waals surface area contributed by atoms with Crippen LogP contribution in [0.4, 0.5) is 0 Å². The van der Waals surface area contributed by atoms with Crippen molar-refractivity contribution in [2.45, 2.75) is 66.0 Å². The second-order valence-electron chi connectivity index (χ2n) is 9.41. The van der Waals surface area contributed by atoms with Crippen molar-refractivity contribution in [3.63, 3.8) is 0 Å². The first-order chi connectivity index (χ1) is 13.4. The third kappa shape index (κ3) is 9.17. The Morgan fingerprint density at radius 2 is 1.93 bits per heavy atom. The van der Waals surface area contributed by atoms with E-state index in [2.05, 4.69) is 27.7 Å². The number of carbonyl (C=O) groups is 1. The number of carbonyl (C=O) groups excluding carboxylic acids is 1. The van der Waals surface area contributed by atoms with E-state index in [9.17, 15) is 13.2 Å². The van der Waals surface area contributed by atoms with Crippen LogP contribution < -0.4 is 4.18 Å². The number of hydrogen-bond donors (Lipinski definition) is 0. The Balaban J connectivity index is 2.05. The molecule has 1 aromatic rings. The van der Waals surface area contributed by atoms with E-state index < -0.39 is 10.1 Å². The van der Waals surface area contributed by atoms with Gasteiger partial charge in [0.25, 0.3) is 0 Å². The lowest BCUT2D eigenvalue weighted by atomic mass is 9.84. The Kier molecular flexibility index (Phi) is 8.11. The minimum atomic E-state index is -3.55. The summed E-state index contributed by atoms with van der Waals surface area (Å²) in [4.78, 5) is 14.9. The zero-order valence-electron chi connectivity index (χ0n) is 18.3. The van der Waals surface area contributed by atoms with Gasteiger partial charge in [0.05, 0.1) is 12.4 Å². The second-order valence-corrected chi connectivity index (χ2v) is 11.0. The van der Waals surface area contributed by atoms with Gasteiger partial charge in [-0.2, -0.15) is 8.42 Å². The molecule has 29 heavy (non-hydrogen) atoms. The van der Waals surface area contributed by atoms with Gasteiger partial charge < -0.3 is 13.8 Å². The molecule has 1 fully saturated rings. The van der Waals surface area contributed by atoms with Crippen LogP contribution in [0.2, 0.25) is 0 Å². The zero-order valence-corrected chi connectivity index (χ0v) is 19.1. The van der Waals surface area contributed by atoms with Gasteiger partial charge in [-0.05, 0) is 48.3 Å². The Hall–Kier alpha value is -1.60. The van der Waals surface area contributed by atoms with Crippen LogP contribution >= 0.6 is 0 Å². The third-order valence-electron chi connectivity index (χ3n) is 4.83. The number of nitrogens with zero attached hydrogens (tertiary/aromatic N) is 1. The third-order valence-corrected chi connectivity index (χ3v) is 5.32. The van der Waals surface area contributed by atoms with Crippen LogP contribution in [-0.2, 0) is 26.2 Å². The molecule has 2 rings (SSSR count). The maximum absolute atomic E-state index is 13.1. The van der Waals surface area contributed by atoms with E-state index in [1.165, 1.54) is 0 Å². The highest BCUT2D eigenvalue weighted by Crippen LogP contribution is 2.27. The van der Waals surface area contributed by atoms with Gasteiger partial charge in [0.15, 0.2) is 0 Å².